The van der Waals surface area contributed by atoms with Gasteiger partial charge in [-0.3, -0.25) is 4.79 Å². The quantitative estimate of drug-likeness (QED) is 0.835. The first kappa shape index (κ1) is 12.5. The van der Waals surface area contributed by atoms with Gasteiger partial charge < -0.3 is 15.8 Å². The fourth-order valence-electron chi connectivity index (χ4n) is 1.84. The molecule has 2 rings (SSSR count). The molecule has 0 saturated carbocycles. The first-order chi connectivity index (χ1) is 8.20. The van der Waals surface area contributed by atoms with Crippen LogP contribution in [0.4, 0.5) is 0 Å². The average molecular weight is 255 g/mol. The van der Waals surface area contributed by atoms with Gasteiger partial charge in [0.15, 0.2) is 0 Å². The number of hydrogen-bond acceptors (Lipinski definition) is 5. The van der Waals surface area contributed by atoms with E-state index in [1.54, 1.807) is 0 Å². The minimum Gasteiger partial charge on any atom is -0.376 e. The zero-order chi connectivity index (χ0) is 12.3. The predicted octanol–water partition coefficient (Wildman–Crippen LogP) is 0.819. The van der Waals surface area contributed by atoms with E-state index < -0.39 is 0 Å². The molecule has 1 atom stereocenters. The molecule has 5 nitrogen and oxygen atoms in total. The minimum absolute atomic E-state index is 0.0739. The van der Waals surface area contributed by atoms with Gasteiger partial charge in [-0.1, -0.05) is 0 Å². The highest BCUT2D eigenvalue weighted by molar-refractivity contribution is 7.13. The van der Waals surface area contributed by atoms with Crippen molar-refractivity contribution in [3.05, 3.63) is 15.6 Å². The van der Waals surface area contributed by atoms with E-state index in [0.29, 0.717) is 18.0 Å². The largest absolute Gasteiger partial charge is 0.376 e. The van der Waals surface area contributed by atoms with Crippen LogP contribution in [0.1, 0.15) is 33.2 Å². The number of nitrogens with zero attached hydrogens (tertiary/aromatic N) is 1. The molecule has 0 aliphatic carbocycles. The lowest BCUT2D eigenvalue weighted by Crippen LogP contribution is -2.31. The monoisotopic (exact) mass is 255 g/mol. The molecule has 1 aromatic rings. The lowest BCUT2D eigenvalue weighted by molar-refractivity contribution is 0.0860. The molecule has 1 aliphatic rings. The number of aryl methyl sites for hydroxylation is 1. The highest BCUT2D eigenvalue weighted by Crippen LogP contribution is 2.17. The first-order valence-electron chi connectivity index (χ1n) is 5.77. The van der Waals surface area contributed by atoms with Gasteiger partial charge in [-0.15, -0.1) is 11.3 Å². The molecule has 1 fully saturated rings. The van der Waals surface area contributed by atoms with Gasteiger partial charge in [-0.05, 0) is 19.8 Å². The summed E-state index contributed by atoms with van der Waals surface area (Å²) in [6.45, 7) is 3.59. The number of carbonyl (C=O) groups is 1. The summed E-state index contributed by atoms with van der Waals surface area (Å²) in [6, 6.07) is 0. The van der Waals surface area contributed by atoms with Crippen molar-refractivity contribution in [1.82, 2.24) is 10.3 Å². The molecule has 17 heavy (non-hydrogen) atoms. The van der Waals surface area contributed by atoms with Crippen molar-refractivity contribution < 1.29 is 9.53 Å². The van der Waals surface area contributed by atoms with Crippen LogP contribution in [-0.4, -0.2) is 30.1 Å². The molecule has 94 valence electrons. The van der Waals surface area contributed by atoms with Gasteiger partial charge in [-0.2, -0.15) is 0 Å². The standard InChI is InChI=1S/C11H17N3O2S/c1-7-10(17-9(5-12)14-7)11(15)13-6-8-3-2-4-16-8/h8H,2-6,12H2,1H3,(H,13,15). The Morgan fingerprint density at radius 3 is 3.12 bits per heavy atom. The second-order valence-corrected chi connectivity index (χ2v) is 5.15. The normalized spacial score (nSPS) is 19.5. The Kier molecular flexibility index (Phi) is 4.09. The zero-order valence-electron chi connectivity index (χ0n) is 9.86. The van der Waals surface area contributed by atoms with E-state index in [4.69, 9.17) is 10.5 Å². The van der Waals surface area contributed by atoms with Gasteiger partial charge in [0.1, 0.15) is 9.88 Å². The molecule has 3 N–H and O–H groups in total. The Labute approximate surface area is 104 Å². The highest BCUT2D eigenvalue weighted by atomic mass is 32.1. The van der Waals surface area contributed by atoms with Crippen LogP contribution < -0.4 is 11.1 Å². The third-order valence-electron chi connectivity index (χ3n) is 2.74. The summed E-state index contributed by atoms with van der Waals surface area (Å²) in [6.07, 6.45) is 2.27. The van der Waals surface area contributed by atoms with Crippen LogP contribution in [0.5, 0.6) is 0 Å². The van der Waals surface area contributed by atoms with Crippen LogP contribution in [0.2, 0.25) is 0 Å². The average Bonchev–Trinajstić information content (AvgIpc) is 2.94. The van der Waals surface area contributed by atoms with Crippen molar-refractivity contribution in [2.45, 2.75) is 32.4 Å². The number of ether oxygens (including phenoxy) is 1. The summed E-state index contributed by atoms with van der Waals surface area (Å²) in [5, 5.41) is 3.68. The number of carbonyl (C=O) groups excluding carboxylic acids is 1. The smallest absolute Gasteiger partial charge is 0.263 e. The van der Waals surface area contributed by atoms with E-state index in [-0.39, 0.29) is 12.0 Å². The molecular formula is C11H17N3O2S. The van der Waals surface area contributed by atoms with Crippen LogP contribution in [0.3, 0.4) is 0 Å². The lowest BCUT2D eigenvalue weighted by atomic mass is 10.2. The summed E-state index contributed by atoms with van der Waals surface area (Å²) >= 11 is 1.36. The number of thiazole rings is 1. The van der Waals surface area contributed by atoms with E-state index in [2.05, 4.69) is 10.3 Å². The molecule has 0 radical (unpaired) electrons. The Balaban J connectivity index is 1.91. The fraction of sp³-hybridized carbons (Fsp3) is 0.636. The number of hydrogen-bond donors (Lipinski definition) is 2. The van der Waals surface area contributed by atoms with Crippen molar-refractivity contribution in [3.8, 4) is 0 Å². The van der Waals surface area contributed by atoms with Crippen LogP contribution in [0.15, 0.2) is 0 Å². The zero-order valence-corrected chi connectivity index (χ0v) is 10.7. The first-order valence-corrected chi connectivity index (χ1v) is 6.58. The maximum Gasteiger partial charge on any atom is 0.263 e. The van der Waals surface area contributed by atoms with E-state index in [0.717, 1.165) is 30.2 Å². The Hall–Kier alpha value is -0.980. The maximum atomic E-state index is 11.9. The number of nitrogens with two attached hydrogens (primary N) is 1. The molecule has 1 unspecified atom stereocenters. The van der Waals surface area contributed by atoms with Gasteiger partial charge in [-0.25, -0.2) is 4.98 Å². The highest BCUT2D eigenvalue weighted by Gasteiger charge is 2.19. The minimum atomic E-state index is -0.0739. The van der Waals surface area contributed by atoms with Gasteiger partial charge in [0.05, 0.1) is 11.8 Å². The molecule has 0 bridgehead atoms. The van der Waals surface area contributed by atoms with Gasteiger partial charge in [0, 0.05) is 19.7 Å². The molecule has 1 saturated heterocycles. The van der Waals surface area contributed by atoms with Crippen molar-refractivity contribution >= 4 is 17.2 Å². The Morgan fingerprint density at radius 1 is 1.71 bits per heavy atom. The third-order valence-corrected chi connectivity index (χ3v) is 3.91. The summed E-state index contributed by atoms with van der Waals surface area (Å²) in [4.78, 5) is 16.8. The topological polar surface area (TPSA) is 77.2 Å². The summed E-state index contributed by atoms with van der Waals surface area (Å²) in [7, 11) is 0. The summed E-state index contributed by atoms with van der Waals surface area (Å²) in [5.74, 6) is -0.0739. The molecule has 6 heteroatoms. The van der Waals surface area contributed by atoms with Crippen LogP contribution in [0.25, 0.3) is 0 Å². The fourth-order valence-corrected chi connectivity index (χ4v) is 2.70. The van der Waals surface area contributed by atoms with Gasteiger partial charge >= 0.3 is 0 Å². The van der Waals surface area contributed by atoms with Crippen LogP contribution in [0, 0.1) is 6.92 Å². The molecule has 1 amide bonds. The van der Waals surface area contributed by atoms with Crippen molar-refractivity contribution in [3.63, 3.8) is 0 Å². The second-order valence-electron chi connectivity index (χ2n) is 4.07. The number of rotatable bonds is 4. The third kappa shape index (κ3) is 3.02. The van der Waals surface area contributed by atoms with Crippen LogP contribution >= 0.6 is 11.3 Å². The molecular weight excluding hydrogens is 238 g/mol. The van der Waals surface area contributed by atoms with E-state index in [1.165, 1.54) is 11.3 Å². The molecule has 1 aromatic heterocycles. The van der Waals surface area contributed by atoms with Crippen molar-refractivity contribution in [2.75, 3.05) is 13.2 Å². The van der Waals surface area contributed by atoms with E-state index in [1.807, 2.05) is 6.92 Å². The van der Waals surface area contributed by atoms with Crippen LogP contribution in [-0.2, 0) is 11.3 Å². The molecule has 0 spiro atoms. The number of aromatic nitrogens is 1. The second kappa shape index (κ2) is 5.57. The Morgan fingerprint density at radius 2 is 2.53 bits per heavy atom. The SMILES string of the molecule is Cc1nc(CN)sc1C(=O)NCC1CCCO1. The van der Waals surface area contributed by atoms with Crippen molar-refractivity contribution in [1.29, 1.82) is 0 Å². The predicted molar refractivity (Wildman–Crippen MR) is 66.0 cm³/mol. The Bertz CT molecular complexity index is 399. The van der Waals surface area contributed by atoms with E-state index in [9.17, 15) is 4.79 Å². The van der Waals surface area contributed by atoms with Gasteiger partial charge in [0.25, 0.3) is 5.91 Å². The van der Waals surface area contributed by atoms with E-state index >= 15 is 0 Å². The molecule has 1 aliphatic heterocycles. The maximum absolute atomic E-state index is 11.9. The molecule has 2 heterocycles. The number of nitrogens with one attached hydrogen (secondary N) is 1. The number of amides is 1. The summed E-state index contributed by atoms with van der Waals surface area (Å²) in [5.41, 5.74) is 6.25. The lowest BCUT2D eigenvalue weighted by Gasteiger charge is -2.09. The summed E-state index contributed by atoms with van der Waals surface area (Å²) < 4.78 is 5.45. The van der Waals surface area contributed by atoms with Crippen molar-refractivity contribution in [2.24, 2.45) is 5.73 Å². The van der Waals surface area contributed by atoms with Gasteiger partial charge in [0.2, 0.25) is 0 Å². The molecule has 0 aromatic carbocycles.